The Kier molecular flexibility index (Phi) is 5.20. The van der Waals surface area contributed by atoms with Crippen molar-refractivity contribution in [3.8, 4) is 5.75 Å². The van der Waals surface area contributed by atoms with Crippen molar-refractivity contribution in [1.82, 2.24) is 0 Å². The predicted octanol–water partition coefficient (Wildman–Crippen LogP) is 5.65. The first kappa shape index (κ1) is 19.0. The number of carbonyl (C=O) groups excluding carboxylic acids is 1. The molecule has 0 unspecified atom stereocenters. The summed E-state index contributed by atoms with van der Waals surface area (Å²) in [5.74, 6) is -0.951. The highest BCUT2D eigenvalue weighted by atomic mass is 19.4. The molecule has 2 rings (SSSR count). The molecule has 0 N–H and O–H groups in total. The van der Waals surface area contributed by atoms with Crippen LogP contribution >= 0.6 is 0 Å². The van der Waals surface area contributed by atoms with Crippen LogP contribution in [-0.2, 0) is 12.8 Å². The lowest BCUT2D eigenvalue weighted by Crippen LogP contribution is -2.20. The minimum atomic E-state index is -4.40. The standard InChI is InChI=1S/C19H18F4O2/c1-18(2,3)17(24)13-6-9-16(15(20)10-13)25-11-12-4-7-14(8-5-12)19(21,22)23/h4-10H,11H2,1-3H3. The maximum Gasteiger partial charge on any atom is 0.416 e. The van der Waals surface area contributed by atoms with Crippen molar-refractivity contribution in [2.24, 2.45) is 5.41 Å². The van der Waals surface area contributed by atoms with Gasteiger partial charge in [0.15, 0.2) is 17.3 Å². The molecule has 0 atom stereocenters. The molecule has 0 amide bonds. The van der Waals surface area contributed by atoms with E-state index in [0.717, 1.165) is 18.2 Å². The van der Waals surface area contributed by atoms with Crippen LogP contribution in [0.5, 0.6) is 5.75 Å². The first-order valence-corrected chi connectivity index (χ1v) is 7.62. The number of carbonyl (C=O) groups is 1. The van der Waals surface area contributed by atoms with Crippen molar-refractivity contribution in [1.29, 1.82) is 0 Å². The van der Waals surface area contributed by atoms with Crippen molar-refractivity contribution < 1.29 is 27.1 Å². The summed E-state index contributed by atoms with van der Waals surface area (Å²) in [6, 6.07) is 8.36. The average molecular weight is 354 g/mol. The fourth-order valence-electron chi connectivity index (χ4n) is 2.14. The van der Waals surface area contributed by atoms with E-state index in [-0.39, 0.29) is 23.7 Å². The summed E-state index contributed by atoms with van der Waals surface area (Å²) in [5, 5.41) is 0. The number of hydrogen-bond acceptors (Lipinski definition) is 2. The molecule has 0 aromatic heterocycles. The predicted molar refractivity (Wildman–Crippen MR) is 86.0 cm³/mol. The van der Waals surface area contributed by atoms with E-state index >= 15 is 0 Å². The molecule has 0 saturated carbocycles. The van der Waals surface area contributed by atoms with Gasteiger partial charge in [-0.15, -0.1) is 0 Å². The zero-order chi connectivity index (χ0) is 18.8. The molecule has 25 heavy (non-hydrogen) atoms. The molecule has 2 aromatic carbocycles. The van der Waals surface area contributed by atoms with Crippen molar-refractivity contribution >= 4 is 5.78 Å². The topological polar surface area (TPSA) is 26.3 Å². The highest BCUT2D eigenvalue weighted by Crippen LogP contribution is 2.29. The Morgan fingerprint density at radius 3 is 2.08 bits per heavy atom. The second-order valence-electron chi connectivity index (χ2n) is 6.71. The Morgan fingerprint density at radius 1 is 1.00 bits per heavy atom. The number of alkyl halides is 3. The zero-order valence-electron chi connectivity index (χ0n) is 14.1. The van der Waals surface area contributed by atoms with E-state index in [4.69, 9.17) is 4.74 Å². The van der Waals surface area contributed by atoms with E-state index in [1.807, 2.05) is 0 Å². The van der Waals surface area contributed by atoms with Crippen LogP contribution in [0, 0.1) is 11.2 Å². The molecular formula is C19H18F4O2. The van der Waals surface area contributed by atoms with Gasteiger partial charge in [0.05, 0.1) is 5.56 Å². The average Bonchev–Trinajstić information content (AvgIpc) is 2.51. The number of Topliss-reactive ketones (excluding diaryl/α,β-unsaturated/α-hetero) is 1. The van der Waals surface area contributed by atoms with E-state index in [1.165, 1.54) is 24.3 Å². The summed E-state index contributed by atoms with van der Waals surface area (Å²) in [6.07, 6.45) is -4.40. The lowest BCUT2D eigenvalue weighted by Gasteiger charge is -2.17. The summed E-state index contributed by atoms with van der Waals surface area (Å²) in [4.78, 5) is 12.1. The highest BCUT2D eigenvalue weighted by Gasteiger charge is 2.30. The van der Waals surface area contributed by atoms with Crippen LogP contribution in [0.2, 0.25) is 0 Å². The van der Waals surface area contributed by atoms with Crippen LogP contribution in [0.4, 0.5) is 17.6 Å². The van der Waals surface area contributed by atoms with Crippen molar-refractivity contribution in [3.05, 3.63) is 65.0 Å². The summed E-state index contributed by atoms with van der Waals surface area (Å²) in [7, 11) is 0. The van der Waals surface area contributed by atoms with Crippen LogP contribution < -0.4 is 4.74 Å². The van der Waals surface area contributed by atoms with Gasteiger partial charge in [-0.1, -0.05) is 32.9 Å². The van der Waals surface area contributed by atoms with Crippen LogP contribution in [-0.4, -0.2) is 5.78 Å². The molecule has 0 aliphatic rings. The number of hydrogen-bond donors (Lipinski definition) is 0. The van der Waals surface area contributed by atoms with Gasteiger partial charge in [0.1, 0.15) is 6.61 Å². The molecule has 0 heterocycles. The second-order valence-corrected chi connectivity index (χ2v) is 6.71. The Morgan fingerprint density at radius 2 is 1.60 bits per heavy atom. The second kappa shape index (κ2) is 6.86. The first-order chi connectivity index (χ1) is 11.5. The number of ketones is 1. The van der Waals surface area contributed by atoms with Crippen LogP contribution in [0.15, 0.2) is 42.5 Å². The van der Waals surface area contributed by atoms with E-state index < -0.39 is 23.0 Å². The van der Waals surface area contributed by atoms with Gasteiger partial charge < -0.3 is 4.74 Å². The summed E-state index contributed by atoms with van der Waals surface area (Å²) in [5.41, 5.74) is -0.670. The molecule has 2 aromatic rings. The van der Waals surface area contributed by atoms with E-state index in [9.17, 15) is 22.4 Å². The minimum Gasteiger partial charge on any atom is -0.486 e. The maximum absolute atomic E-state index is 14.1. The molecular weight excluding hydrogens is 336 g/mol. The van der Waals surface area contributed by atoms with Gasteiger partial charge in [-0.3, -0.25) is 4.79 Å². The molecule has 0 aliphatic heterocycles. The molecule has 0 aliphatic carbocycles. The van der Waals surface area contributed by atoms with Crippen LogP contribution in [0.1, 0.15) is 42.3 Å². The Hall–Kier alpha value is -2.37. The molecule has 0 spiro atoms. The van der Waals surface area contributed by atoms with Gasteiger partial charge in [0.25, 0.3) is 0 Å². The Labute approximate surface area is 143 Å². The SMILES string of the molecule is CC(C)(C)C(=O)c1ccc(OCc2ccc(C(F)(F)F)cc2)c(F)c1. The lowest BCUT2D eigenvalue weighted by molar-refractivity contribution is -0.137. The van der Waals surface area contributed by atoms with Gasteiger partial charge in [0.2, 0.25) is 0 Å². The van der Waals surface area contributed by atoms with Crippen molar-refractivity contribution in [3.63, 3.8) is 0 Å². The van der Waals surface area contributed by atoms with E-state index in [1.54, 1.807) is 20.8 Å². The molecule has 0 fully saturated rings. The number of rotatable bonds is 4. The van der Waals surface area contributed by atoms with Gasteiger partial charge in [-0.25, -0.2) is 4.39 Å². The highest BCUT2D eigenvalue weighted by molar-refractivity contribution is 5.99. The smallest absolute Gasteiger partial charge is 0.416 e. The fraction of sp³-hybridized carbons (Fsp3) is 0.316. The molecule has 0 bridgehead atoms. The van der Waals surface area contributed by atoms with Crippen LogP contribution in [0.25, 0.3) is 0 Å². The molecule has 0 radical (unpaired) electrons. The zero-order valence-corrected chi connectivity index (χ0v) is 14.1. The molecule has 2 nitrogen and oxygen atoms in total. The third-order valence-electron chi connectivity index (χ3n) is 3.55. The third-order valence-corrected chi connectivity index (χ3v) is 3.55. The number of benzene rings is 2. The van der Waals surface area contributed by atoms with Gasteiger partial charge in [0, 0.05) is 11.0 Å². The quantitative estimate of drug-likeness (QED) is 0.524. The van der Waals surface area contributed by atoms with Crippen molar-refractivity contribution in [2.45, 2.75) is 33.6 Å². The van der Waals surface area contributed by atoms with Gasteiger partial charge in [-0.2, -0.15) is 13.2 Å². The van der Waals surface area contributed by atoms with E-state index in [0.29, 0.717) is 5.56 Å². The first-order valence-electron chi connectivity index (χ1n) is 7.62. The van der Waals surface area contributed by atoms with Crippen LogP contribution in [0.3, 0.4) is 0 Å². The van der Waals surface area contributed by atoms with E-state index in [2.05, 4.69) is 0 Å². The van der Waals surface area contributed by atoms with Gasteiger partial charge in [-0.05, 0) is 35.9 Å². The molecule has 6 heteroatoms. The summed E-state index contributed by atoms with van der Waals surface area (Å²) in [6.45, 7) is 5.13. The Bertz CT molecular complexity index is 756. The number of ether oxygens (including phenoxy) is 1. The minimum absolute atomic E-state index is 0.0645. The summed E-state index contributed by atoms with van der Waals surface area (Å²) >= 11 is 0. The normalized spacial score (nSPS) is 12.1. The molecule has 134 valence electrons. The monoisotopic (exact) mass is 354 g/mol. The maximum atomic E-state index is 14.1. The van der Waals surface area contributed by atoms with Gasteiger partial charge >= 0.3 is 6.18 Å². The largest absolute Gasteiger partial charge is 0.486 e. The fourth-order valence-corrected chi connectivity index (χ4v) is 2.14. The number of halogens is 4. The lowest BCUT2D eigenvalue weighted by atomic mass is 9.86. The van der Waals surface area contributed by atoms with Crippen molar-refractivity contribution in [2.75, 3.05) is 0 Å². The Balaban J connectivity index is 2.08. The third kappa shape index (κ3) is 4.81. The summed E-state index contributed by atoms with van der Waals surface area (Å²) < 4.78 is 56.9. The molecule has 0 saturated heterocycles.